The zero-order valence-corrected chi connectivity index (χ0v) is 16.5. The lowest BCUT2D eigenvalue weighted by Crippen LogP contribution is -2.40. The number of carbonyl (C=O) groups is 2. The number of hydrogen-bond acceptors (Lipinski definition) is 4. The Bertz CT molecular complexity index is 830. The number of amides is 1. The minimum absolute atomic E-state index is 0.289. The summed E-state index contributed by atoms with van der Waals surface area (Å²) in [5.41, 5.74) is 1.74. The maximum absolute atomic E-state index is 12.7. The number of H-pyrrole nitrogens is 1. The van der Waals surface area contributed by atoms with E-state index >= 15 is 0 Å². The summed E-state index contributed by atoms with van der Waals surface area (Å²) >= 11 is 0. The zero-order valence-electron chi connectivity index (χ0n) is 16.5. The van der Waals surface area contributed by atoms with Crippen LogP contribution in [0.15, 0.2) is 24.3 Å². The van der Waals surface area contributed by atoms with Gasteiger partial charge in [0.15, 0.2) is 0 Å². The summed E-state index contributed by atoms with van der Waals surface area (Å²) in [5.74, 6) is 0.182. The van der Waals surface area contributed by atoms with E-state index in [1.807, 2.05) is 32.9 Å². The van der Waals surface area contributed by atoms with E-state index in [0.717, 1.165) is 29.4 Å². The summed E-state index contributed by atoms with van der Waals surface area (Å²) in [6.07, 6.45) is 3.27. The van der Waals surface area contributed by atoms with Crippen LogP contribution in [0.3, 0.4) is 0 Å². The molecule has 0 bridgehead atoms. The fourth-order valence-electron chi connectivity index (χ4n) is 3.24. The number of methoxy groups -OCH3 is 1. The van der Waals surface area contributed by atoms with Crippen LogP contribution >= 0.6 is 0 Å². The Morgan fingerprint density at radius 1 is 1.22 bits per heavy atom. The third-order valence-corrected chi connectivity index (χ3v) is 4.82. The van der Waals surface area contributed by atoms with Crippen molar-refractivity contribution in [3.05, 3.63) is 35.5 Å². The van der Waals surface area contributed by atoms with E-state index in [4.69, 9.17) is 9.47 Å². The Morgan fingerprint density at radius 2 is 1.96 bits per heavy atom. The second kappa shape index (κ2) is 7.62. The highest BCUT2D eigenvalue weighted by atomic mass is 16.6. The number of rotatable bonds is 5. The smallest absolute Gasteiger partial charge is 0.410 e. The molecule has 0 unspecified atom stereocenters. The number of hydrogen-bond donors (Lipinski definition) is 1. The first-order valence-electron chi connectivity index (χ1n) is 9.43. The average Bonchev–Trinajstić information content (AvgIpc) is 2.95. The van der Waals surface area contributed by atoms with Crippen LogP contribution in [0.5, 0.6) is 0 Å². The van der Waals surface area contributed by atoms with Gasteiger partial charge in [0.25, 0.3) is 0 Å². The number of benzene rings is 1. The lowest BCUT2D eigenvalue weighted by Gasteiger charge is -2.33. The van der Waals surface area contributed by atoms with Crippen LogP contribution in [0.4, 0.5) is 4.79 Å². The van der Waals surface area contributed by atoms with Gasteiger partial charge in [-0.05, 0) is 63.1 Å². The quantitative estimate of drug-likeness (QED) is 0.785. The van der Waals surface area contributed by atoms with Crippen molar-refractivity contribution in [3.8, 4) is 0 Å². The van der Waals surface area contributed by atoms with Crippen LogP contribution in [-0.4, -0.2) is 41.2 Å². The molecule has 0 atom stereocenters. The van der Waals surface area contributed by atoms with Gasteiger partial charge in [0, 0.05) is 17.8 Å². The van der Waals surface area contributed by atoms with Crippen molar-refractivity contribution in [1.82, 2.24) is 9.88 Å². The largest absolute Gasteiger partial charge is 0.465 e. The molecule has 1 aromatic carbocycles. The van der Waals surface area contributed by atoms with Crippen LogP contribution in [-0.2, 0) is 16.0 Å². The molecule has 1 fully saturated rings. The maximum Gasteiger partial charge on any atom is 0.410 e. The second-order valence-electron chi connectivity index (χ2n) is 8.25. The minimum atomic E-state index is -0.523. The van der Waals surface area contributed by atoms with Crippen molar-refractivity contribution in [2.24, 2.45) is 5.92 Å². The van der Waals surface area contributed by atoms with Gasteiger partial charge in [0.05, 0.1) is 19.2 Å². The molecule has 0 saturated heterocycles. The van der Waals surface area contributed by atoms with Crippen LogP contribution in [0, 0.1) is 5.92 Å². The second-order valence-corrected chi connectivity index (χ2v) is 8.25. The fraction of sp³-hybridized carbons (Fsp3) is 0.524. The summed E-state index contributed by atoms with van der Waals surface area (Å²) < 4.78 is 10.4. The molecule has 0 aliphatic heterocycles. The molecule has 0 spiro atoms. The molecular weight excluding hydrogens is 344 g/mol. The molecule has 146 valence electrons. The highest BCUT2D eigenvalue weighted by molar-refractivity contribution is 5.94. The van der Waals surface area contributed by atoms with Crippen LogP contribution in [0.1, 0.15) is 56.1 Å². The third-order valence-electron chi connectivity index (χ3n) is 4.82. The number of carbonyl (C=O) groups excluding carboxylic acids is 2. The molecule has 1 heterocycles. The Kier molecular flexibility index (Phi) is 5.44. The predicted octanol–water partition coefficient (Wildman–Crippen LogP) is 4.49. The lowest BCUT2D eigenvalue weighted by atomic mass is 9.85. The van der Waals surface area contributed by atoms with E-state index in [-0.39, 0.29) is 12.1 Å². The summed E-state index contributed by atoms with van der Waals surface area (Å²) in [6, 6.07) is 7.40. The minimum Gasteiger partial charge on any atom is -0.465 e. The van der Waals surface area contributed by atoms with Crippen molar-refractivity contribution in [2.45, 2.75) is 52.2 Å². The van der Waals surface area contributed by atoms with E-state index in [9.17, 15) is 9.59 Å². The van der Waals surface area contributed by atoms with E-state index in [1.165, 1.54) is 13.5 Å². The van der Waals surface area contributed by atoms with Crippen molar-refractivity contribution in [2.75, 3.05) is 13.7 Å². The van der Waals surface area contributed by atoms with Crippen molar-refractivity contribution in [1.29, 1.82) is 0 Å². The number of nitrogens with one attached hydrogen (secondary N) is 1. The standard InChI is InChI=1S/C21H28N2O4/c1-21(2,3)27-20(25)23(12-14-6-5-7-14)13-17-10-15-8-9-16(19(24)26-4)11-18(15)22-17/h8-11,14,22H,5-7,12-13H2,1-4H3. The lowest BCUT2D eigenvalue weighted by molar-refractivity contribution is 0.0170. The van der Waals surface area contributed by atoms with E-state index in [2.05, 4.69) is 4.98 Å². The van der Waals surface area contributed by atoms with Gasteiger partial charge >= 0.3 is 12.1 Å². The number of fused-ring (bicyclic) bond motifs is 1. The van der Waals surface area contributed by atoms with Gasteiger partial charge in [0.1, 0.15) is 5.60 Å². The van der Waals surface area contributed by atoms with E-state index in [1.54, 1.807) is 17.0 Å². The van der Waals surface area contributed by atoms with Crippen molar-refractivity contribution in [3.63, 3.8) is 0 Å². The monoisotopic (exact) mass is 372 g/mol. The normalized spacial score (nSPS) is 14.7. The Hall–Kier alpha value is -2.50. The first-order valence-corrected chi connectivity index (χ1v) is 9.43. The topological polar surface area (TPSA) is 71.6 Å². The zero-order chi connectivity index (χ0) is 19.6. The number of esters is 1. The average molecular weight is 372 g/mol. The van der Waals surface area contributed by atoms with Crippen LogP contribution < -0.4 is 0 Å². The summed E-state index contributed by atoms with van der Waals surface area (Å²) in [6.45, 7) is 6.79. The molecule has 0 radical (unpaired) electrons. The molecule has 1 aromatic heterocycles. The number of nitrogens with zero attached hydrogens (tertiary/aromatic N) is 1. The molecule has 2 aromatic rings. The van der Waals surface area contributed by atoms with Crippen LogP contribution in [0.25, 0.3) is 10.9 Å². The molecule has 1 aliphatic carbocycles. The van der Waals surface area contributed by atoms with Crippen LogP contribution in [0.2, 0.25) is 0 Å². The van der Waals surface area contributed by atoms with Crippen molar-refractivity contribution >= 4 is 23.0 Å². The highest BCUT2D eigenvalue weighted by Crippen LogP contribution is 2.28. The summed E-state index contributed by atoms with van der Waals surface area (Å²) in [5, 5.41) is 0.991. The van der Waals surface area contributed by atoms with Gasteiger partial charge < -0.3 is 19.4 Å². The summed E-state index contributed by atoms with van der Waals surface area (Å²) in [7, 11) is 1.37. The molecule has 1 N–H and O–H groups in total. The molecule has 1 saturated carbocycles. The van der Waals surface area contributed by atoms with Crippen molar-refractivity contribution < 1.29 is 19.1 Å². The maximum atomic E-state index is 12.7. The molecule has 1 amide bonds. The molecule has 1 aliphatic rings. The van der Waals surface area contributed by atoms with Gasteiger partial charge in [-0.25, -0.2) is 9.59 Å². The first-order chi connectivity index (χ1) is 12.7. The Morgan fingerprint density at radius 3 is 2.56 bits per heavy atom. The predicted molar refractivity (Wildman–Crippen MR) is 104 cm³/mol. The van der Waals surface area contributed by atoms with Gasteiger partial charge in [-0.3, -0.25) is 0 Å². The number of aromatic amines is 1. The SMILES string of the molecule is COC(=O)c1ccc2cc(CN(CC3CCC3)C(=O)OC(C)(C)C)[nH]c2c1. The molecular formula is C21H28N2O4. The highest BCUT2D eigenvalue weighted by Gasteiger charge is 2.27. The molecule has 3 rings (SSSR count). The van der Waals surface area contributed by atoms with Gasteiger partial charge in [0.2, 0.25) is 0 Å². The van der Waals surface area contributed by atoms with Gasteiger partial charge in [-0.15, -0.1) is 0 Å². The first kappa shape index (κ1) is 19.3. The Labute approximate surface area is 159 Å². The van der Waals surface area contributed by atoms with Gasteiger partial charge in [-0.1, -0.05) is 12.5 Å². The van der Waals surface area contributed by atoms with Gasteiger partial charge in [-0.2, -0.15) is 0 Å². The molecule has 27 heavy (non-hydrogen) atoms. The molecule has 6 nitrogen and oxygen atoms in total. The summed E-state index contributed by atoms with van der Waals surface area (Å²) in [4.78, 5) is 29.5. The van der Waals surface area contributed by atoms with E-state index in [0.29, 0.717) is 24.6 Å². The number of ether oxygens (including phenoxy) is 2. The Balaban J connectivity index is 1.79. The number of aromatic nitrogens is 1. The van der Waals surface area contributed by atoms with E-state index < -0.39 is 5.60 Å². The molecule has 6 heteroatoms. The fourth-order valence-corrected chi connectivity index (χ4v) is 3.24. The third kappa shape index (κ3) is 4.81.